The molecule has 0 radical (unpaired) electrons. The third kappa shape index (κ3) is 3.25. The number of nitrogens with one attached hydrogen (secondary N) is 1. The minimum atomic E-state index is -0.0361. The second-order valence-corrected chi connectivity index (χ2v) is 4.42. The smallest absolute Gasteiger partial charge is 0.237 e. The van der Waals surface area contributed by atoms with Gasteiger partial charge in [0.1, 0.15) is 0 Å². The molecule has 1 amide bonds. The minimum Gasteiger partial charge on any atom is -0.299 e. The summed E-state index contributed by atoms with van der Waals surface area (Å²) in [6, 6.07) is 4.02. The molecule has 1 aliphatic rings. The van der Waals surface area contributed by atoms with Crippen molar-refractivity contribution in [1.29, 1.82) is 0 Å². The summed E-state index contributed by atoms with van der Waals surface area (Å²) < 4.78 is 0. The van der Waals surface area contributed by atoms with Gasteiger partial charge in [-0.05, 0) is 37.6 Å². The zero-order valence-corrected chi connectivity index (χ0v) is 9.80. The Bertz CT molecular complexity index is 360. The number of hydrogen-bond donors (Lipinski definition) is 2. The van der Waals surface area contributed by atoms with Gasteiger partial charge in [-0.15, -0.1) is 0 Å². The van der Waals surface area contributed by atoms with Gasteiger partial charge in [-0.25, -0.2) is 5.84 Å². The summed E-state index contributed by atoms with van der Waals surface area (Å²) >= 11 is 0. The fourth-order valence-electron chi connectivity index (χ4n) is 2.22. The lowest BCUT2D eigenvalue weighted by molar-refractivity contribution is -0.126. The van der Waals surface area contributed by atoms with E-state index in [1.165, 1.54) is 5.56 Å². The number of piperidine rings is 1. The Labute approximate surface area is 101 Å². The number of pyridine rings is 1. The van der Waals surface area contributed by atoms with Crippen molar-refractivity contribution in [2.75, 3.05) is 13.1 Å². The molecule has 0 saturated carbocycles. The molecule has 92 valence electrons. The number of nitrogens with zero attached hydrogens (tertiary/aromatic N) is 2. The lowest BCUT2D eigenvalue weighted by Gasteiger charge is -2.30. The number of hydrazine groups is 1. The molecule has 17 heavy (non-hydrogen) atoms. The second-order valence-electron chi connectivity index (χ2n) is 4.42. The summed E-state index contributed by atoms with van der Waals surface area (Å²) in [6.07, 6.45) is 5.42. The van der Waals surface area contributed by atoms with Crippen LogP contribution in [-0.4, -0.2) is 28.9 Å². The molecule has 0 unspecified atom stereocenters. The number of rotatable bonds is 3. The van der Waals surface area contributed by atoms with Crippen molar-refractivity contribution in [3.8, 4) is 0 Å². The van der Waals surface area contributed by atoms with Crippen molar-refractivity contribution in [2.24, 2.45) is 11.8 Å². The first kappa shape index (κ1) is 12.0. The van der Waals surface area contributed by atoms with Crippen LogP contribution in [0.2, 0.25) is 0 Å². The lowest BCUT2D eigenvalue weighted by Crippen LogP contribution is -2.42. The zero-order valence-electron chi connectivity index (χ0n) is 9.80. The van der Waals surface area contributed by atoms with Crippen LogP contribution in [0.3, 0.4) is 0 Å². The monoisotopic (exact) mass is 234 g/mol. The van der Waals surface area contributed by atoms with Crippen LogP contribution in [0, 0.1) is 5.92 Å². The fourth-order valence-corrected chi connectivity index (χ4v) is 2.22. The number of hydrogen-bond acceptors (Lipinski definition) is 4. The SMILES string of the molecule is NNC(=O)C1CCN(Cc2cccnc2)CC1. The Hall–Kier alpha value is -1.46. The normalized spacial score (nSPS) is 17.9. The molecule has 1 aromatic heterocycles. The van der Waals surface area contributed by atoms with Crippen molar-refractivity contribution in [1.82, 2.24) is 15.3 Å². The minimum absolute atomic E-state index is 0.0361. The maximum atomic E-state index is 11.4. The molecule has 5 nitrogen and oxygen atoms in total. The van der Waals surface area contributed by atoms with Crippen LogP contribution in [-0.2, 0) is 11.3 Å². The van der Waals surface area contributed by atoms with Crippen LogP contribution in [0.4, 0.5) is 0 Å². The second kappa shape index (κ2) is 5.75. The van der Waals surface area contributed by atoms with Gasteiger partial charge in [0.2, 0.25) is 5.91 Å². The summed E-state index contributed by atoms with van der Waals surface area (Å²) in [6.45, 7) is 2.78. The number of carbonyl (C=O) groups excluding carboxylic acids is 1. The topological polar surface area (TPSA) is 71.2 Å². The van der Waals surface area contributed by atoms with Gasteiger partial charge in [-0.2, -0.15) is 0 Å². The van der Waals surface area contributed by atoms with Crippen LogP contribution in [0.1, 0.15) is 18.4 Å². The quantitative estimate of drug-likeness (QED) is 0.448. The van der Waals surface area contributed by atoms with E-state index in [4.69, 9.17) is 5.84 Å². The van der Waals surface area contributed by atoms with Gasteiger partial charge < -0.3 is 0 Å². The van der Waals surface area contributed by atoms with Crippen molar-refractivity contribution >= 4 is 5.91 Å². The third-order valence-corrected chi connectivity index (χ3v) is 3.23. The van der Waals surface area contributed by atoms with Gasteiger partial charge in [0, 0.05) is 24.9 Å². The van der Waals surface area contributed by atoms with Crippen LogP contribution in [0.5, 0.6) is 0 Å². The van der Waals surface area contributed by atoms with E-state index in [1.807, 2.05) is 12.3 Å². The van der Waals surface area contributed by atoms with E-state index in [9.17, 15) is 4.79 Å². The van der Waals surface area contributed by atoms with Gasteiger partial charge in [0.15, 0.2) is 0 Å². The van der Waals surface area contributed by atoms with Gasteiger partial charge in [-0.3, -0.25) is 20.1 Å². The maximum absolute atomic E-state index is 11.4. The first-order chi connectivity index (χ1) is 8.29. The van der Waals surface area contributed by atoms with Crippen LogP contribution in [0.25, 0.3) is 0 Å². The highest BCUT2D eigenvalue weighted by atomic mass is 16.2. The largest absolute Gasteiger partial charge is 0.299 e. The number of aromatic nitrogens is 1. The number of nitrogens with two attached hydrogens (primary N) is 1. The molecule has 1 aromatic rings. The molecule has 2 heterocycles. The Morgan fingerprint density at radius 1 is 1.53 bits per heavy atom. The highest BCUT2D eigenvalue weighted by molar-refractivity contribution is 5.78. The van der Waals surface area contributed by atoms with E-state index < -0.39 is 0 Å². The van der Waals surface area contributed by atoms with Crippen molar-refractivity contribution < 1.29 is 4.79 Å². The van der Waals surface area contributed by atoms with E-state index in [0.717, 1.165) is 32.5 Å². The molecule has 0 atom stereocenters. The molecular formula is C12H18N4O. The molecule has 5 heteroatoms. The lowest BCUT2D eigenvalue weighted by atomic mass is 9.96. The fraction of sp³-hybridized carbons (Fsp3) is 0.500. The predicted molar refractivity (Wildman–Crippen MR) is 64.6 cm³/mol. The average Bonchev–Trinajstić information content (AvgIpc) is 2.40. The molecule has 1 aliphatic heterocycles. The van der Waals surface area contributed by atoms with Crippen LogP contribution < -0.4 is 11.3 Å². The molecule has 1 saturated heterocycles. The highest BCUT2D eigenvalue weighted by Gasteiger charge is 2.24. The summed E-state index contributed by atoms with van der Waals surface area (Å²) in [5, 5.41) is 0. The average molecular weight is 234 g/mol. The van der Waals surface area contributed by atoms with E-state index in [1.54, 1.807) is 6.20 Å². The molecule has 3 N–H and O–H groups in total. The Balaban J connectivity index is 1.82. The van der Waals surface area contributed by atoms with Crippen molar-refractivity contribution in [3.63, 3.8) is 0 Å². The van der Waals surface area contributed by atoms with Gasteiger partial charge in [0.25, 0.3) is 0 Å². The third-order valence-electron chi connectivity index (χ3n) is 3.23. The molecular weight excluding hydrogens is 216 g/mol. The molecule has 0 bridgehead atoms. The Kier molecular flexibility index (Phi) is 4.06. The zero-order chi connectivity index (χ0) is 12.1. The first-order valence-corrected chi connectivity index (χ1v) is 5.91. The first-order valence-electron chi connectivity index (χ1n) is 5.91. The van der Waals surface area contributed by atoms with E-state index in [-0.39, 0.29) is 11.8 Å². The van der Waals surface area contributed by atoms with E-state index in [0.29, 0.717) is 0 Å². The standard InChI is InChI=1S/C12H18N4O/c13-15-12(17)11-3-6-16(7-4-11)9-10-2-1-5-14-8-10/h1-2,5,8,11H,3-4,6-7,9,13H2,(H,15,17). The molecule has 0 spiro atoms. The summed E-state index contributed by atoms with van der Waals surface area (Å²) in [7, 11) is 0. The number of amides is 1. The van der Waals surface area contributed by atoms with Gasteiger partial charge >= 0.3 is 0 Å². The van der Waals surface area contributed by atoms with Crippen LogP contribution in [0.15, 0.2) is 24.5 Å². The van der Waals surface area contributed by atoms with Gasteiger partial charge in [0.05, 0.1) is 0 Å². The molecule has 2 rings (SSSR count). The number of likely N-dealkylation sites (tertiary alicyclic amines) is 1. The van der Waals surface area contributed by atoms with Gasteiger partial charge in [-0.1, -0.05) is 6.07 Å². The summed E-state index contributed by atoms with van der Waals surface area (Å²) in [5.74, 6) is 5.18. The summed E-state index contributed by atoms with van der Waals surface area (Å²) in [5.41, 5.74) is 3.45. The van der Waals surface area contributed by atoms with E-state index in [2.05, 4.69) is 21.4 Å². The van der Waals surface area contributed by atoms with E-state index >= 15 is 0 Å². The van der Waals surface area contributed by atoms with Crippen molar-refractivity contribution in [3.05, 3.63) is 30.1 Å². The summed E-state index contributed by atoms with van der Waals surface area (Å²) in [4.78, 5) is 17.8. The highest BCUT2D eigenvalue weighted by Crippen LogP contribution is 2.18. The Morgan fingerprint density at radius 3 is 2.88 bits per heavy atom. The Morgan fingerprint density at radius 2 is 2.29 bits per heavy atom. The van der Waals surface area contributed by atoms with Crippen LogP contribution >= 0.6 is 0 Å². The van der Waals surface area contributed by atoms with Crippen molar-refractivity contribution in [2.45, 2.75) is 19.4 Å². The molecule has 0 aromatic carbocycles. The molecule has 0 aliphatic carbocycles. The molecule has 1 fully saturated rings. The number of carbonyl (C=O) groups is 1. The maximum Gasteiger partial charge on any atom is 0.237 e. The predicted octanol–water partition coefficient (Wildman–Crippen LogP) is 0.283.